The van der Waals surface area contributed by atoms with Crippen molar-refractivity contribution in [3.63, 3.8) is 0 Å². The minimum atomic E-state index is -0.261. The average Bonchev–Trinajstić information content (AvgIpc) is 2.64. The molecule has 25 heavy (non-hydrogen) atoms. The van der Waals surface area contributed by atoms with Crippen LogP contribution in [-0.4, -0.2) is 22.8 Å². The Morgan fingerprint density at radius 2 is 1.72 bits per heavy atom. The van der Waals surface area contributed by atoms with E-state index in [1.165, 1.54) is 6.42 Å². The molecule has 2 amide bonds. The topological polar surface area (TPSA) is 71.1 Å². The van der Waals surface area contributed by atoms with E-state index in [1.807, 2.05) is 0 Å². The van der Waals surface area contributed by atoms with Gasteiger partial charge in [-0.3, -0.25) is 14.6 Å². The third-order valence-corrected chi connectivity index (χ3v) is 4.68. The number of pyridine rings is 1. The van der Waals surface area contributed by atoms with Crippen molar-refractivity contribution in [3.05, 3.63) is 58.9 Å². The molecule has 130 valence electrons. The SMILES string of the molecule is O=C(Nc1ccc(Cl)c(C(=O)NC2CCCCC2)c1)c1ccncc1. The Kier molecular flexibility index (Phi) is 5.66. The van der Waals surface area contributed by atoms with E-state index in [0.717, 1.165) is 25.7 Å². The van der Waals surface area contributed by atoms with Crippen molar-refractivity contribution in [2.45, 2.75) is 38.1 Å². The fraction of sp³-hybridized carbons (Fsp3) is 0.316. The summed E-state index contributed by atoms with van der Waals surface area (Å²) in [7, 11) is 0. The first-order chi connectivity index (χ1) is 12.1. The van der Waals surface area contributed by atoms with Crippen molar-refractivity contribution >= 4 is 29.1 Å². The van der Waals surface area contributed by atoms with Gasteiger partial charge in [0.25, 0.3) is 11.8 Å². The zero-order chi connectivity index (χ0) is 17.6. The highest BCUT2D eigenvalue weighted by molar-refractivity contribution is 6.34. The second kappa shape index (κ2) is 8.12. The van der Waals surface area contributed by atoms with Crippen molar-refractivity contribution in [3.8, 4) is 0 Å². The van der Waals surface area contributed by atoms with Gasteiger partial charge in [0.05, 0.1) is 10.6 Å². The lowest BCUT2D eigenvalue weighted by molar-refractivity contribution is 0.0926. The normalized spacial score (nSPS) is 14.8. The van der Waals surface area contributed by atoms with E-state index in [1.54, 1.807) is 42.7 Å². The lowest BCUT2D eigenvalue weighted by atomic mass is 9.95. The van der Waals surface area contributed by atoms with Crippen molar-refractivity contribution < 1.29 is 9.59 Å². The standard InChI is InChI=1S/C19H20ClN3O2/c20-17-7-6-15(23-18(24)13-8-10-21-11-9-13)12-16(17)19(25)22-14-4-2-1-3-5-14/h6-12,14H,1-5H2,(H,22,25)(H,23,24). The van der Waals surface area contributed by atoms with Crippen molar-refractivity contribution in [1.82, 2.24) is 10.3 Å². The molecule has 1 aromatic heterocycles. The lowest BCUT2D eigenvalue weighted by Crippen LogP contribution is -2.36. The zero-order valence-electron chi connectivity index (χ0n) is 13.8. The van der Waals surface area contributed by atoms with E-state index in [9.17, 15) is 9.59 Å². The third kappa shape index (κ3) is 4.57. The largest absolute Gasteiger partial charge is 0.349 e. The molecule has 0 atom stereocenters. The number of nitrogens with zero attached hydrogens (tertiary/aromatic N) is 1. The number of hydrogen-bond donors (Lipinski definition) is 2. The van der Waals surface area contributed by atoms with Crippen LogP contribution in [-0.2, 0) is 0 Å². The van der Waals surface area contributed by atoms with Gasteiger partial charge in [-0.25, -0.2) is 0 Å². The monoisotopic (exact) mass is 357 g/mol. The molecular weight excluding hydrogens is 338 g/mol. The first-order valence-corrected chi connectivity index (χ1v) is 8.83. The quantitative estimate of drug-likeness (QED) is 0.867. The van der Waals surface area contributed by atoms with Crippen LogP contribution in [0.3, 0.4) is 0 Å². The molecule has 0 spiro atoms. The second-order valence-electron chi connectivity index (χ2n) is 6.19. The van der Waals surface area contributed by atoms with E-state index in [-0.39, 0.29) is 17.9 Å². The van der Waals surface area contributed by atoms with Gasteiger partial charge >= 0.3 is 0 Å². The first kappa shape index (κ1) is 17.4. The number of anilines is 1. The Labute approximate surface area is 151 Å². The zero-order valence-corrected chi connectivity index (χ0v) is 14.6. The summed E-state index contributed by atoms with van der Waals surface area (Å²) in [5.41, 5.74) is 1.40. The van der Waals surface area contributed by atoms with Crippen molar-refractivity contribution in [1.29, 1.82) is 0 Å². The number of halogens is 1. The molecular formula is C19H20ClN3O2. The van der Waals surface area contributed by atoms with Gasteiger partial charge in [-0.05, 0) is 43.2 Å². The van der Waals surface area contributed by atoms with Crippen LogP contribution >= 0.6 is 11.6 Å². The highest BCUT2D eigenvalue weighted by Crippen LogP contribution is 2.23. The summed E-state index contributed by atoms with van der Waals surface area (Å²) in [6.45, 7) is 0. The van der Waals surface area contributed by atoms with Gasteiger partial charge in [0.2, 0.25) is 0 Å². The number of rotatable bonds is 4. The summed E-state index contributed by atoms with van der Waals surface area (Å²) in [6, 6.07) is 8.37. The van der Waals surface area contributed by atoms with E-state index < -0.39 is 0 Å². The molecule has 3 rings (SSSR count). The predicted octanol–water partition coefficient (Wildman–Crippen LogP) is 4.05. The molecule has 1 heterocycles. The number of carbonyl (C=O) groups excluding carboxylic acids is 2. The maximum Gasteiger partial charge on any atom is 0.255 e. The van der Waals surface area contributed by atoms with Crippen LogP contribution in [0.5, 0.6) is 0 Å². The van der Waals surface area contributed by atoms with Gasteiger partial charge < -0.3 is 10.6 Å². The van der Waals surface area contributed by atoms with Gasteiger partial charge in [0, 0.05) is 29.7 Å². The Balaban J connectivity index is 1.71. The summed E-state index contributed by atoms with van der Waals surface area (Å²) in [5, 5.41) is 6.19. The molecule has 1 aliphatic rings. The fourth-order valence-electron chi connectivity index (χ4n) is 2.99. The number of aromatic nitrogens is 1. The van der Waals surface area contributed by atoms with Gasteiger partial charge in [0.15, 0.2) is 0 Å². The molecule has 1 aliphatic carbocycles. The highest BCUT2D eigenvalue weighted by atomic mass is 35.5. The van der Waals surface area contributed by atoms with Crippen LogP contribution in [0.15, 0.2) is 42.7 Å². The molecule has 1 aromatic carbocycles. The molecule has 0 saturated heterocycles. The van der Waals surface area contributed by atoms with Gasteiger partial charge in [0.1, 0.15) is 0 Å². The van der Waals surface area contributed by atoms with E-state index >= 15 is 0 Å². The van der Waals surface area contributed by atoms with Crippen LogP contribution in [0.4, 0.5) is 5.69 Å². The van der Waals surface area contributed by atoms with Crippen molar-refractivity contribution in [2.24, 2.45) is 0 Å². The molecule has 0 bridgehead atoms. The Morgan fingerprint density at radius 3 is 2.44 bits per heavy atom. The van der Waals surface area contributed by atoms with E-state index in [2.05, 4.69) is 15.6 Å². The van der Waals surface area contributed by atoms with E-state index in [0.29, 0.717) is 21.8 Å². The van der Waals surface area contributed by atoms with Gasteiger partial charge in [-0.1, -0.05) is 30.9 Å². The maximum absolute atomic E-state index is 12.5. The average molecular weight is 358 g/mol. The number of amides is 2. The molecule has 1 saturated carbocycles. The summed E-state index contributed by atoms with van der Waals surface area (Å²) in [6.07, 6.45) is 8.62. The fourth-order valence-corrected chi connectivity index (χ4v) is 3.20. The number of nitrogens with one attached hydrogen (secondary N) is 2. The third-order valence-electron chi connectivity index (χ3n) is 4.35. The van der Waals surface area contributed by atoms with Crippen LogP contribution in [0.1, 0.15) is 52.8 Å². The maximum atomic E-state index is 12.5. The molecule has 1 fully saturated rings. The summed E-state index contributed by atoms with van der Waals surface area (Å²) >= 11 is 6.18. The van der Waals surface area contributed by atoms with Crippen LogP contribution in [0.2, 0.25) is 5.02 Å². The summed E-state index contributed by atoms with van der Waals surface area (Å²) in [4.78, 5) is 28.6. The Bertz CT molecular complexity index is 759. The summed E-state index contributed by atoms with van der Waals surface area (Å²) < 4.78 is 0. The molecule has 0 unspecified atom stereocenters. The Morgan fingerprint density at radius 1 is 1.00 bits per heavy atom. The number of benzene rings is 1. The number of hydrogen-bond acceptors (Lipinski definition) is 3. The molecule has 0 radical (unpaired) electrons. The molecule has 0 aliphatic heterocycles. The Hall–Kier alpha value is -2.40. The molecule has 5 nitrogen and oxygen atoms in total. The van der Waals surface area contributed by atoms with Gasteiger partial charge in [-0.15, -0.1) is 0 Å². The molecule has 2 aromatic rings. The highest BCUT2D eigenvalue weighted by Gasteiger charge is 2.19. The van der Waals surface area contributed by atoms with Crippen LogP contribution in [0.25, 0.3) is 0 Å². The predicted molar refractivity (Wildman–Crippen MR) is 98.0 cm³/mol. The lowest BCUT2D eigenvalue weighted by Gasteiger charge is -2.23. The minimum absolute atomic E-state index is 0.197. The smallest absolute Gasteiger partial charge is 0.255 e. The minimum Gasteiger partial charge on any atom is -0.349 e. The first-order valence-electron chi connectivity index (χ1n) is 8.45. The molecule has 2 N–H and O–H groups in total. The second-order valence-corrected chi connectivity index (χ2v) is 6.60. The van der Waals surface area contributed by atoms with Crippen LogP contribution in [0, 0.1) is 0 Å². The molecule has 6 heteroatoms. The summed E-state index contributed by atoms with van der Waals surface area (Å²) in [5.74, 6) is -0.458. The van der Waals surface area contributed by atoms with E-state index in [4.69, 9.17) is 11.6 Å². The van der Waals surface area contributed by atoms with Crippen molar-refractivity contribution in [2.75, 3.05) is 5.32 Å². The van der Waals surface area contributed by atoms with Gasteiger partial charge in [-0.2, -0.15) is 0 Å². The van der Waals surface area contributed by atoms with Crippen LogP contribution < -0.4 is 10.6 Å². The number of carbonyl (C=O) groups is 2.